The minimum absolute atomic E-state index is 0.183. The average Bonchev–Trinajstić information content (AvgIpc) is 2.45. The Morgan fingerprint density at radius 1 is 1.33 bits per heavy atom. The molecule has 15 heavy (non-hydrogen) atoms. The van der Waals surface area contributed by atoms with Gasteiger partial charge in [-0.1, -0.05) is 25.4 Å². The fourth-order valence-electron chi connectivity index (χ4n) is 1.55. The van der Waals surface area contributed by atoms with Gasteiger partial charge in [-0.05, 0) is 30.0 Å². The van der Waals surface area contributed by atoms with E-state index >= 15 is 0 Å². The van der Waals surface area contributed by atoms with Gasteiger partial charge in [-0.15, -0.1) is 0 Å². The maximum absolute atomic E-state index is 5.95. The summed E-state index contributed by atoms with van der Waals surface area (Å²) in [7, 11) is 0. The molecule has 5 heteroatoms. The SMILES string of the molecule is CC(C)Cc1cc2nc(Cl)nc(Cl)c2[nH]1. The Morgan fingerprint density at radius 3 is 2.73 bits per heavy atom. The fourth-order valence-corrected chi connectivity index (χ4v) is 2.00. The van der Waals surface area contributed by atoms with Crippen molar-refractivity contribution in [1.29, 1.82) is 0 Å². The molecule has 0 aromatic carbocycles. The van der Waals surface area contributed by atoms with Gasteiger partial charge in [0.2, 0.25) is 5.28 Å². The number of aromatic amines is 1. The summed E-state index contributed by atoms with van der Waals surface area (Å²) in [6.07, 6.45) is 0.963. The van der Waals surface area contributed by atoms with Gasteiger partial charge in [0, 0.05) is 5.69 Å². The highest BCUT2D eigenvalue weighted by atomic mass is 35.5. The molecule has 2 aromatic heterocycles. The number of halogens is 2. The Morgan fingerprint density at radius 2 is 2.07 bits per heavy atom. The van der Waals surface area contributed by atoms with Crippen LogP contribution in [0.25, 0.3) is 11.0 Å². The summed E-state index contributed by atoms with van der Waals surface area (Å²) in [4.78, 5) is 11.2. The van der Waals surface area contributed by atoms with Gasteiger partial charge >= 0.3 is 0 Å². The van der Waals surface area contributed by atoms with Crippen molar-refractivity contribution in [2.45, 2.75) is 20.3 Å². The van der Waals surface area contributed by atoms with E-state index in [1.807, 2.05) is 6.07 Å². The quantitative estimate of drug-likeness (QED) is 0.649. The van der Waals surface area contributed by atoms with Gasteiger partial charge in [-0.3, -0.25) is 0 Å². The lowest BCUT2D eigenvalue weighted by molar-refractivity contribution is 0.638. The van der Waals surface area contributed by atoms with Crippen LogP contribution in [0.5, 0.6) is 0 Å². The van der Waals surface area contributed by atoms with E-state index in [9.17, 15) is 0 Å². The molecule has 0 saturated heterocycles. The first-order chi connectivity index (χ1) is 7.06. The molecule has 3 nitrogen and oxygen atoms in total. The summed E-state index contributed by atoms with van der Waals surface area (Å²) in [5.41, 5.74) is 2.64. The van der Waals surface area contributed by atoms with Crippen molar-refractivity contribution >= 4 is 34.2 Å². The first kappa shape index (κ1) is 10.7. The largest absolute Gasteiger partial charge is 0.355 e. The standard InChI is InChI=1S/C10H11Cl2N3/c1-5(2)3-6-4-7-8(13-6)9(11)15-10(12)14-7/h4-5,13H,3H2,1-2H3. The summed E-state index contributed by atoms with van der Waals surface area (Å²) in [5, 5.41) is 0.558. The van der Waals surface area contributed by atoms with Crippen molar-refractivity contribution in [1.82, 2.24) is 15.0 Å². The molecule has 0 bridgehead atoms. The molecule has 1 N–H and O–H groups in total. The summed E-state index contributed by atoms with van der Waals surface area (Å²) >= 11 is 11.7. The van der Waals surface area contributed by atoms with E-state index in [1.165, 1.54) is 0 Å². The van der Waals surface area contributed by atoms with Crippen molar-refractivity contribution in [2.75, 3.05) is 0 Å². The van der Waals surface area contributed by atoms with Gasteiger partial charge in [-0.25, -0.2) is 9.97 Å². The second-order valence-corrected chi connectivity index (χ2v) is 4.63. The Hall–Kier alpha value is -0.800. The van der Waals surface area contributed by atoms with Gasteiger partial charge < -0.3 is 4.98 Å². The molecular formula is C10H11Cl2N3. The van der Waals surface area contributed by atoms with Crippen LogP contribution >= 0.6 is 23.2 Å². The number of fused-ring (bicyclic) bond motifs is 1. The molecule has 0 fully saturated rings. The third-order valence-electron chi connectivity index (χ3n) is 2.09. The number of H-pyrrole nitrogens is 1. The molecule has 0 spiro atoms. The molecule has 0 amide bonds. The van der Waals surface area contributed by atoms with Crippen molar-refractivity contribution in [2.24, 2.45) is 5.92 Å². The highest BCUT2D eigenvalue weighted by molar-refractivity contribution is 6.35. The summed E-state index contributed by atoms with van der Waals surface area (Å²) in [6, 6.07) is 1.97. The normalized spacial score (nSPS) is 11.5. The fraction of sp³-hybridized carbons (Fsp3) is 0.400. The van der Waals surface area contributed by atoms with Crippen LogP contribution in [0, 0.1) is 5.92 Å². The molecule has 0 unspecified atom stereocenters. The molecule has 0 saturated carbocycles. The Bertz CT molecular complexity index is 491. The molecule has 80 valence electrons. The molecule has 0 radical (unpaired) electrons. The van der Waals surface area contributed by atoms with E-state index in [-0.39, 0.29) is 5.28 Å². The molecule has 0 aliphatic carbocycles. The van der Waals surface area contributed by atoms with Gasteiger partial charge in [0.05, 0.1) is 5.52 Å². The Balaban J connectivity index is 2.50. The zero-order chi connectivity index (χ0) is 11.0. The van der Waals surface area contributed by atoms with Gasteiger partial charge in [-0.2, -0.15) is 0 Å². The van der Waals surface area contributed by atoms with Crippen molar-refractivity contribution in [3.05, 3.63) is 22.2 Å². The van der Waals surface area contributed by atoms with Crippen molar-refractivity contribution in [3.8, 4) is 0 Å². The molecule has 2 rings (SSSR count). The number of nitrogens with zero attached hydrogens (tertiary/aromatic N) is 2. The lowest BCUT2D eigenvalue weighted by Gasteiger charge is -1.99. The molecule has 2 aromatic rings. The summed E-state index contributed by atoms with van der Waals surface area (Å²) in [5.74, 6) is 0.584. The average molecular weight is 244 g/mol. The second kappa shape index (κ2) is 3.99. The first-order valence-corrected chi connectivity index (χ1v) is 5.52. The van der Waals surface area contributed by atoms with Crippen LogP contribution < -0.4 is 0 Å². The lowest BCUT2D eigenvalue weighted by Crippen LogP contribution is -1.93. The van der Waals surface area contributed by atoms with Crippen LogP contribution in [0.4, 0.5) is 0 Å². The van der Waals surface area contributed by atoms with E-state index < -0.39 is 0 Å². The maximum atomic E-state index is 5.95. The lowest BCUT2D eigenvalue weighted by atomic mass is 10.1. The van der Waals surface area contributed by atoms with Crippen LogP contribution in [0.2, 0.25) is 10.4 Å². The Labute approximate surface area is 97.8 Å². The third kappa shape index (κ3) is 2.24. The number of hydrogen-bond donors (Lipinski definition) is 1. The molecule has 2 heterocycles. The third-order valence-corrected chi connectivity index (χ3v) is 2.53. The van der Waals surface area contributed by atoms with Crippen LogP contribution in [0.1, 0.15) is 19.5 Å². The molecule has 0 aliphatic rings. The van der Waals surface area contributed by atoms with Crippen molar-refractivity contribution in [3.63, 3.8) is 0 Å². The van der Waals surface area contributed by atoms with E-state index in [1.54, 1.807) is 0 Å². The number of rotatable bonds is 2. The molecule has 0 aliphatic heterocycles. The predicted octanol–water partition coefficient (Wildman–Crippen LogP) is 3.46. The molecular weight excluding hydrogens is 233 g/mol. The number of nitrogens with one attached hydrogen (secondary N) is 1. The number of hydrogen-bond acceptors (Lipinski definition) is 2. The van der Waals surface area contributed by atoms with Gasteiger partial charge in [0.1, 0.15) is 5.52 Å². The van der Waals surface area contributed by atoms with Crippen LogP contribution in [0.15, 0.2) is 6.07 Å². The predicted molar refractivity (Wildman–Crippen MR) is 62.5 cm³/mol. The monoisotopic (exact) mass is 243 g/mol. The van der Waals surface area contributed by atoms with Crippen LogP contribution in [0.3, 0.4) is 0 Å². The summed E-state index contributed by atoms with van der Waals surface area (Å²) < 4.78 is 0. The maximum Gasteiger partial charge on any atom is 0.224 e. The van der Waals surface area contributed by atoms with Crippen molar-refractivity contribution < 1.29 is 0 Å². The van der Waals surface area contributed by atoms with Crippen LogP contribution in [-0.2, 0) is 6.42 Å². The van der Waals surface area contributed by atoms with E-state index in [0.29, 0.717) is 11.1 Å². The smallest absolute Gasteiger partial charge is 0.224 e. The molecule has 0 atom stereocenters. The highest BCUT2D eigenvalue weighted by Gasteiger charge is 2.09. The van der Waals surface area contributed by atoms with E-state index in [4.69, 9.17) is 23.2 Å². The topological polar surface area (TPSA) is 41.6 Å². The van der Waals surface area contributed by atoms with Gasteiger partial charge in [0.25, 0.3) is 0 Å². The Kier molecular flexibility index (Phi) is 2.85. The zero-order valence-corrected chi connectivity index (χ0v) is 10.0. The number of aromatic nitrogens is 3. The minimum atomic E-state index is 0.183. The van der Waals surface area contributed by atoms with E-state index in [2.05, 4.69) is 28.8 Å². The van der Waals surface area contributed by atoms with Crippen LogP contribution in [-0.4, -0.2) is 15.0 Å². The first-order valence-electron chi connectivity index (χ1n) is 4.77. The second-order valence-electron chi connectivity index (χ2n) is 3.94. The minimum Gasteiger partial charge on any atom is -0.355 e. The summed E-state index contributed by atoms with van der Waals surface area (Å²) in [6.45, 7) is 4.32. The van der Waals surface area contributed by atoms with E-state index in [0.717, 1.165) is 23.1 Å². The highest BCUT2D eigenvalue weighted by Crippen LogP contribution is 2.23. The zero-order valence-electron chi connectivity index (χ0n) is 8.51. The van der Waals surface area contributed by atoms with Gasteiger partial charge in [0.15, 0.2) is 5.15 Å².